The Bertz CT molecular complexity index is 5060. The second-order valence-electron chi connectivity index (χ2n) is 28.8. The van der Waals surface area contributed by atoms with Gasteiger partial charge in [-0.1, -0.05) is 212 Å². The first-order valence-electron chi connectivity index (χ1n) is 36.8. The maximum absolute atomic E-state index is 14.5. The van der Waals surface area contributed by atoms with Crippen LogP contribution in [0.5, 0.6) is 11.8 Å². The van der Waals surface area contributed by atoms with Gasteiger partial charge in [0.15, 0.2) is 0 Å². The van der Waals surface area contributed by atoms with Crippen LogP contribution in [0.15, 0.2) is 285 Å². The number of rotatable bonds is 18. The Morgan fingerprint density at radius 3 is 1.20 bits per heavy atom. The molecule has 3 amide bonds. The van der Waals surface area contributed by atoms with Crippen molar-refractivity contribution >= 4 is 51.1 Å². The lowest BCUT2D eigenvalue weighted by molar-refractivity contribution is -0.125. The van der Waals surface area contributed by atoms with Gasteiger partial charge in [-0.05, 0) is 147 Å². The van der Waals surface area contributed by atoms with E-state index in [4.69, 9.17) is 24.4 Å². The Balaban J connectivity index is 0.000000165. The smallest absolute Gasteiger partial charge is 0.410 e. The average molecular weight is 1400 g/mol. The molecule has 4 aromatic heterocycles. The Morgan fingerprint density at radius 2 is 0.830 bits per heavy atom. The Hall–Kier alpha value is -12.0. The Labute approximate surface area is 617 Å². The highest BCUT2D eigenvalue weighted by Gasteiger charge is 2.53. The lowest BCUT2D eigenvalue weighted by atomic mass is 9.77. The SMILES string of the molecule is CC(C)Oc1ccc(-c2nn(C(c3ccccc3)(c3ccccc3)c3ccccc3)c3ccc(N4CC[C@@]5(CCN(C(=O)OCc6ccccc6)C5)C4=O)cc23)cn1.CC(C)Oc1ccc(-c2nn(C(c3ccccc3)(c3ccccc3)c3ccccc3)c3ccc(N4CC[C@@]5(CCNC5)C4=O)cc23)cn1. The zero-order chi connectivity index (χ0) is 72.4. The minimum absolute atomic E-state index is 0.0163. The number of benzene rings is 9. The van der Waals surface area contributed by atoms with Crippen molar-refractivity contribution in [1.82, 2.24) is 39.7 Å². The van der Waals surface area contributed by atoms with E-state index in [1.54, 1.807) is 4.90 Å². The molecule has 9 aromatic carbocycles. The first-order chi connectivity index (χ1) is 51.8. The molecule has 4 fully saturated rings. The normalized spacial score (nSPS) is 17.3. The summed E-state index contributed by atoms with van der Waals surface area (Å²) in [5, 5.41) is 16.3. The molecule has 2 atom stereocenters. The Morgan fingerprint density at radius 1 is 0.453 bits per heavy atom. The van der Waals surface area contributed by atoms with E-state index < -0.39 is 16.5 Å². The maximum atomic E-state index is 14.5. The number of nitrogens with zero attached hydrogens (tertiary/aromatic N) is 9. The molecule has 0 bridgehead atoms. The summed E-state index contributed by atoms with van der Waals surface area (Å²) in [5.74, 6) is 1.36. The second kappa shape index (κ2) is 28.9. The molecule has 17 rings (SSSR count). The zero-order valence-electron chi connectivity index (χ0n) is 60.0. The molecule has 16 nitrogen and oxygen atoms in total. The third-order valence-electron chi connectivity index (χ3n) is 21.6. The van der Waals surface area contributed by atoms with Crippen LogP contribution >= 0.6 is 0 Å². The van der Waals surface area contributed by atoms with Gasteiger partial charge in [0.05, 0.1) is 34.1 Å². The minimum atomic E-state index is -0.869. The average Bonchev–Trinajstić information content (AvgIpc) is 1.46. The summed E-state index contributed by atoms with van der Waals surface area (Å²) in [6.45, 7) is 11.9. The molecule has 13 aromatic rings. The van der Waals surface area contributed by atoms with E-state index >= 15 is 0 Å². The van der Waals surface area contributed by atoms with Crippen molar-refractivity contribution in [2.24, 2.45) is 10.8 Å². The summed E-state index contributed by atoms with van der Waals surface area (Å²) in [7, 11) is 0. The van der Waals surface area contributed by atoms with E-state index in [2.05, 4.69) is 219 Å². The highest BCUT2D eigenvalue weighted by atomic mass is 16.6. The van der Waals surface area contributed by atoms with Crippen molar-refractivity contribution < 1.29 is 28.6 Å². The van der Waals surface area contributed by atoms with E-state index in [0.717, 1.165) is 121 Å². The highest BCUT2D eigenvalue weighted by molar-refractivity contribution is 6.05. The summed E-state index contributed by atoms with van der Waals surface area (Å²) < 4.78 is 21.8. The fourth-order valence-corrected chi connectivity index (χ4v) is 16.4. The molecule has 0 radical (unpaired) electrons. The molecule has 2 spiro atoms. The van der Waals surface area contributed by atoms with Gasteiger partial charge in [-0.3, -0.25) is 9.59 Å². The fraction of sp³-hybridized carbons (Fsp3) is 0.233. The number of aromatic nitrogens is 6. The number of fused-ring (bicyclic) bond motifs is 2. The van der Waals surface area contributed by atoms with Crippen LogP contribution in [0.3, 0.4) is 0 Å². The largest absolute Gasteiger partial charge is 0.475 e. The number of amides is 3. The van der Waals surface area contributed by atoms with Crippen LogP contribution in [-0.4, -0.2) is 104 Å². The number of hydrogen-bond acceptors (Lipinski definition) is 11. The van der Waals surface area contributed by atoms with E-state index in [1.807, 2.05) is 129 Å². The summed E-state index contributed by atoms with van der Waals surface area (Å²) in [6, 6.07) is 93.3. The molecule has 4 aliphatic heterocycles. The molecule has 16 heteroatoms. The van der Waals surface area contributed by atoms with Crippen molar-refractivity contribution in [2.75, 3.05) is 49.1 Å². The topological polar surface area (TPSA) is 162 Å². The molecular weight excluding hydrogens is 1320 g/mol. The monoisotopic (exact) mass is 1400 g/mol. The van der Waals surface area contributed by atoms with Crippen LogP contribution in [0.4, 0.5) is 16.2 Å². The predicted molar refractivity (Wildman–Crippen MR) is 416 cm³/mol. The first kappa shape index (κ1) is 68.4. The molecule has 1 N–H and O–H groups in total. The molecule has 0 aliphatic carbocycles. The molecule has 0 saturated carbocycles. The van der Waals surface area contributed by atoms with Crippen LogP contribution in [0.2, 0.25) is 0 Å². The summed E-state index contributed by atoms with van der Waals surface area (Å²) in [4.78, 5) is 56.5. The van der Waals surface area contributed by atoms with Crippen LogP contribution in [0, 0.1) is 10.8 Å². The van der Waals surface area contributed by atoms with Gasteiger partial charge < -0.3 is 34.2 Å². The quantitative estimate of drug-likeness (QED) is 0.0814. The number of hydrogen-bond donors (Lipinski definition) is 1. The van der Waals surface area contributed by atoms with Gasteiger partial charge in [0.25, 0.3) is 0 Å². The third-order valence-corrected chi connectivity index (χ3v) is 21.6. The van der Waals surface area contributed by atoms with Crippen molar-refractivity contribution in [3.8, 4) is 34.3 Å². The van der Waals surface area contributed by atoms with Gasteiger partial charge >= 0.3 is 6.09 Å². The number of carbonyl (C=O) groups is 3. The van der Waals surface area contributed by atoms with Gasteiger partial charge in [-0.15, -0.1) is 0 Å². The number of anilines is 2. The Kier molecular flexibility index (Phi) is 18.7. The lowest BCUT2D eigenvalue weighted by Crippen LogP contribution is -2.39. The molecular formula is C90H84N10O6. The summed E-state index contributed by atoms with van der Waals surface area (Å²) in [5.41, 5.74) is 11.5. The van der Waals surface area contributed by atoms with E-state index in [-0.39, 0.29) is 42.1 Å². The van der Waals surface area contributed by atoms with Crippen molar-refractivity contribution in [2.45, 2.75) is 83.3 Å². The third kappa shape index (κ3) is 12.5. The second-order valence-corrected chi connectivity index (χ2v) is 28.8. The maximum Gasteiger partial charge on any atom is 0.410 e. The van der Waals surface area contributed by atoms with Crippen LogP contribution in [0.25, 0.3) is 44.3 Å². The molecule has 4 saturated heterocycles. The molecule has 8 heterocycles. The standard InChI is InChI=1S/C49H45N5O4.C41H39N5O2/c1-35(2)58-44-26-23-37(32-50-44)45-42-31-41(53-30-28-48(46(53)55)27-29-52(34-48)47(56)57-33-36-15-7-3-8-16-36)24-25-43(42)54(51-45)49(38-17-9-4-10-18-38,39-19-11-5-12-20-39)40-21-13-6-14-22-40;1-29(2)48-37-21-18-30(27-43-37)38-35-26-34(45-25-23-40(39(45)47)22-24-42-28-40)19-20-36(35)46(44-38)41(31-12-6-3-7-13-31,32-14-8-4-9-15-32)33-16-10-5-11-17-33/h3-26,31-32,35H,27-30,33-34H2,1-2H3;3-21,26-27,29,42H,22-25,28H2,1-2H3/t48-;40-/m11/s1. The van der Waals surface area contributed by atoms with Gasteiger partial charge in [-0.2, -0.15) is 10.2 Å². The number of ether oxygens (including phenoxy) is 3. The van der Waals surface area contributed by atoms with E-state index in [9.17, 15) is 14.4 Å². The number of likely N-dealkylation sites (tertiary alicyclic amines) is 1. The molecule has 106 heavy (non-hydrogen) atoms. The number of pyridine rings is 2. The van der Waals surface area contributed by atoms with Gasteiger partial charge in [0.1, 0.15) is 29.1 Å². The van der Waals surface area contributed by atoms with Crippen molar-refractivity contribution in [3.63, 3.8) is 0 Å². The number of nitrogens with one attached hydrogen (secondary N) is 1. The van der Waals surface area contributed by atoms with Gasteiger partial charge in [-0.25, -0.2) is 24.1 Å². The van der Waals surface area contributed by atoms with Gasteiger partial charge in [0, 0.05) is 90.5 Å². The van der Waals surface area contributed by atoms with E-state index in [0.29, 0.717) is 50.8 Å². The van der Waals surface area contributed by atoms with E-state index in [1.165, 1.54) is 0 Å². The highest BCUT2D eigenvalue weighted by Crippen LogP contribution is 2.50. The van der Waals surface area contributed by atoms with Crippen LogP contribution in [0.1, 0.15) is 92.3 Å². The molecule has 530 valence electrons. The van der Waals surface area contributed by atoms with Gasteiger partial charge in [0.2, 0.25) is 23.6 Å². The predicted octanol–water partition coefficient (Wildman–Crippen LogP) is 16.9. The first-order valence-corrected chi connectivity index (χ1v) is 36.8. The zero-order valence-corrected chi connectivity index (χ0v) is 60.0. The number of carbonyl (C=O) groups excluding carboxylic acids is 3. The minimum Gasteiger partial charge on any atom is -0.475 e. The molecule has 0 unspecified atom stereocenters. The van der Waals surface area contributed by atoms with Crippen molar-refractivity contribution in [3.05, 3.63) is 324 Å². The molecule has 4 aliphatic rings. The summed E-state index contributed by atoms with van der Waals surface area (Å²) >= 11 is 0. The van der Waals surface area contributed by atoms with Crippen molar-refractivity contribution in [1.29, 1.82) is 0 Å². The van der Waals surface area contributed by atoms with Crippen LogP contribution < -0.4 is 24.6 Å². The fourth-order valence-electron chi connectivity index (χ4n) is 16.4. The lowest BCUT2D eigenvalue weighted by Gasteiger charge is -2.37. The van der Waals surface area contributed by atoms with Crippen LogP contribution in [-0.2, 0) is 32.0 Å². The summed E-state index contributed by atoms with van der Waals surface area (Å²) in [6.07, 6.45) is 6.27.